The van der Waals surface area contributed by atoms with Crippen LogP contribution in [0.15, 0.2) is 12.2 Å². The zero-order valence-corrected chi connectivity index (χ0v) is 8.10. The van der Waals surface area contributed by atoms with E-state index in [0.29, 0.717) is 6.61 Å². The molecule has 0 aliphatic heterocycles. The Morgan fingerprint density at radius 2 is 2.08 bits per heavy atom. The minimum atomic E-state index is 0.321. The van der Waals surface area contributed by atoms with Gasteiger partial charge in [0.15, 0.2) is 0 Å². The number of aliphatic hydroxyl groups is 1. The van der Waals surface area contributed by atoms with Gasteiger partial charge in [-0.1, -0.05) is 19.1 Å². The number of rotatable bonds is 8. The Balaban J connectivity index is 2.95. The van der Waals surface area contributed by atoms with Gasteiger partial charge in [-0.25, -0.2) is 0 Å². The molecule has 72 valence electrons. The maximum atomic E-state index is 8.51. The standard InChI is InChI=1S/C10H21NO/c1-3-10(2)9-11-7-5-4-6-8-12/h11-12H,2-9H2,1H3. The van der Waals surface area contributed by atoms with Crippen LogP contribution in [-0.4, -0.2) is 24.8 Å². The van der Waals surface area contributed by atoms with E-state index in [0.717, 1.165) is 38.8 Å². The van der Waals surface area contributed by atoms with Crippen LogP contribution >= 0.6 is 0 Å². The first kappa shape index (κ1) is 11.7. The minimum absolute atomic E-state index is 0.321. The summed E-state index contributed by atoms with van der Waals surface area (Å²) in [6.45, 7) is 8.33. The van der Waals surface area contributed by atoms with Gasteiger partial charge in [-0.3, -0.25) is 0 Å². The molecule has 0 saturated heterocycles. The quantitative estimate of drug-likeness (QED) is 0.430. The maximum absolute atomic E-state index is 8.51. The van der Waals surface area contributed by atoms with Crippen LogP contribution in [0.2, 0.25) is 0 Å². The number of hydrogen-bond donors (Lipinski definition) is 2. The van der Waals surface area contributed by atoms with Crippen molar-refractivity contribution in [3.8, 4) is 0 Å². The highest BCUT2D eigenvalue weighted by Gasteiger charge is 1.90. The Labute approximate surface area is 75.7 Å². The molecule has 2 heteroatoms. The largest absolute Gasteiger partial charge is 0.396 e. The molecule has 0 amide bonds. The lowest BCUT2D eigenvalue weighted by molar-refractivity contribution is 0.283. The SMILES string of the molecule is C=C(CC)CNCCCCCO. The van der Waals surface area contributed by atoms with E-state index in [9.17, 15) is 0 Å². The summed E-state index contributed by atoms with van der Waals surface area (Å²) in [5, 5.41) is 11.8. The zero-order valence-electron chi connectivity index (χ0n) is 8.10. The van der Waals surface area contributed by atoms with E-state index in [2.05, 4.69) is 18.8 Å². The average Bonchev–Trinajstić information content (AvgIpc) is 2.10. The van der Waals surface area contributed by atoms with Crippen LogP contribution in [0.25, 0.3) is 0 Å². The molecule has 2 nitrogen and oxygen atoms in total. The Morgan fingerprint density at radius 3 is 2.67 bits per heavy atom. The van der Waals surface area contributed by atoms with Gasteiger partial charge >= 0.3 is 0 Å². The molecular weight excluding hydrogens is 150 g/mol. The molecule has 0 unspecified atom stereocenters. The number of hydrogen-bond acceptors (Lipinski definition) is 2. The van der Waals surface area contributed by atoms with Crippen molar-refractivity contribution in [1.29, 1.82) is 0 Å². The lowest BCUT2D eigenvalue weighted by Crippen LogP contribution is -2.17. The van der Waals surface area contributed by atoms with Crippen molar-refractivity contribution in [3.63, 3.8) is 0 Å². The Hall–Kier alpha value is -0.340. The lowest BCUT2D eigenvalue weighted by atomic mass is 10.2. The molecule has 0 aromatic carbocycles. The first-order valence-corrected chi connectivity index (χ1v) is 4.79. The van der Waals surface area contributed by atoms with Gasteiger partial charge in [0.2, 0.25) is 0 Å². The molecule has 0 bridgehead atoms. The Morgan fingerprint density at radius 1 is 1.33 bits per heavy atom. The number of unbranched alkanes of at least 4 members (excludes halogenated alkanes) is 2. The third-order valence-corrected chi connectivity index (χ3v) is 1.89. The molecule has 0 aliphatic rings. The molecule has 0 aromatic rings. The van der Waals surface area contributed by atoms with Crippen molar-refractivity contribution >= 4 is 0 Å². The predicted octanol–water partition coefficient (Wildman–Crippen LogP) is 1.70. The van der Waals surface area contributed by atoms with E-state index < -0.39 is 0 Å². The van der Waals surface area contributed by atoms with Crippen molar-refractivity contribution in [2.75, 3.05) is 19.7 Å². The molecule has 0 rings (SSSR count). The van der Waals surface area contributed by atoms with Gasteiger partial charge in [0.05, 0.1) is 0 Å². The molecule has 0 aliphatic carbocycles. The van der Waals surface area contributed by atoms with Crippen molar-refractivity contribution in [2.45, 2.75) is 32.6 Å². The molecule has 0 spiro atoms. The first-order chi connectivity index (χ1) is 5.81. The summed E-state index contributed by atoms with van der Waals surface area (Å²) in [5.74, 6) is 0. The summed E-state index contributed by atoms with van der Waals surface area (Å²) in [4.78, 5) is 0. The molecule has 0 aromatic heterocycles. The highest BCUT2D eigenvalue weighted by Crippen LogP contribution is 1.95. The fourth-order valence-electron chi connectivity index (χ4n) is 0.929. The summed E-state index contributed by atoms with van der Waals surface area (Å²) in [5.41, 5.74) is 1.26. The average molecular weight is 171 g/mol. The van der Waals surface area contributed by atoms with Gasteiger partial charge in [0.25, 0.3) is 0 Å². The molecule has 12 heavy (non-hydrogen) atoms. The Bertz CT molecular complexity index is 112. The molecule has 0 atom stereocenters. The number of aliphatic hydroxyl groups excluding tert-OH is 1. The second-order valence-electron chi connectivity index (χ2n) is 3.06. The second-order valence-corrected chi connectivity index (χ2v) is 3.06. The molecule has 0 radical (unpaired) electrons. The van der Waals surface area contributed by atoms with Gasteiger partial charge in [-0.05, 0) is 32.2 Å². The monoisotopic (exact) mass is 171 g/mol. The lowest BCUT2D eigenvalue weighted by Gasteiger charge is -2.04. The molecule has 0 fully saturated rings. The van der Waals surface area contributed by atoms with Crippen LogP contribution in [0.5, 0.6) is 0 Å². The molecule has 2 N–H and O–H groups in total. The molecular formula is C10H21NO. The highest BCUT2D eigenvalue weighted by atomic mass is 16.2. The van der Waals surface area contributed by atoms with Crippen LogP contribution in [0.3, 0.4) is 0 Å². The van der Waals surface area contributed by atoms with E-state index in [1.165, 1.54) is 5.57 Å². The van der Waals surface area contributed by atoms with Crippen molar-refractivity contribution in [2.24, 2.45) is 0 Å². The zero-order chi connectivity index (χ0) is 9.23. The van der Waals surface area contributed by atoms with Crippen molar-refractivity contribution in [3.05, 3.63) is 12.2 Å². The fraction of sp³-hybridized carbons (Fsp3) is 0.800. The molecule has 0 heterocycles. The van der Waals surface area contributed by atoms with Gasteiger partial charge in [0.1, 0.15) is 0 Å². The summed E-state index contributed by atoms with van der Waals surface area (Å²) in [7, 11) is 0. The fourth-order valence-corrected chi connectivity index (χ4v) is 0.929. The van der Waals surface area contributed by atoms with Crippen LogP contribution in [-0.2, 0) is 0 Å². The van der Waals surface area contributed by atoms with Crippen molar-refractivity contribution < 1.29 is 5.11 Å². The third-order valence-electron chi connectivity index (χ3n) is 1.89. The van der Waals surface area contributed by atoms with Crippen LogP contribution in [0, 0.1) is 0 Å². The van der Waals surface area contributed by atoms with E-state index in [1.807, 2.05) is 0 Å². The van der Waals surface area contributed by atoms with E-state index in [-0.39, 0.29) is 0 Å². The van der Waals surface area contributed by atoms with E-state index in [4.69, 9.17) is 5.11 Å². The van der Waals surface area contributed by atoms with Gasteiger partial charge in [-0.15, -0.1) is 0 Å². The van der Waals surface area contributed by atoms with Crippen LogP contribution in [0.4, 0.5) is 0 Å². The van der Waals surface area contributed by atoms with Crippen molar-refractivity contribution in [1.82, 2.24) is 5.32 Å². The molecule has 0 saturated carbocycles. The smallest absolute Gasteiger partial charge is 0.0431 e. The topological polar surface area (TPSA) is 32.3 Å². The normalized spacial score (nSPS) is 10.2. The van der Waals surface area contributed by atoms with Crippen LogP contribution < -0.4 is 5.32 Å². The third kappa shape index (κ3) is 7.76. The van der Waals surface area contributed by atoms with Gasteiger partial charge in [0, 0.05) is 13.2 Å². The summed E-state index contributed by atoms with van der Waals surface area (Å²) < 4.78 is 0. The minimum Gasteiger partial charge on any atom is -0.396 e. The highest BCUT2D eigenvalue weighted by molar-refractivity contribution is 4.94. The summed E-state index contributed by atoms with van der Waals surface area (Å²) in [6.07, 6.45) is 4.25. The Kier molecular flexibility index (Phi) is 8.51. The first-order valence-electron chi connectivity index (χ1n) is 4.79. The van der Waals surface area contributed by atoms with Gasteiger partial charge in [-0.2, -0.15) is 0 Å². The van der Waals surface area contributed by atoms with Gasteiger partial charge < -0.3 is 10.4 Å². The summed E-state index contributed by atoms with van der Waals surface area (Å²) in [6, 6.07) is 0. The second kappa shape index (κ2) is 8.75. The maximum Gasteiger partial charge on any atom is 0.0431 e. The van der Waals surface area contributed by atoms with Crippen LogP contribution in [0.1, 0.15) is 32.6 Å². The van der Waals surface area contributed by atoms with E-state index >= 15 is 0 Å². The summed E-state index contributed by atoms with van der Waals surface area (Å²) >= 11 is 0. The predicted molar refractivity (Wildman–Crippen MR) is 53.2 cm³/mol. The number of nitrogens with one attached hydrogen (secondary N) is 1. The van der Waals surface area contributed by atoms with E-state index in [1.54, 1.807) is 0 Å².